The molecule has 1 aromatic heterocycles. The quantitative estimate of drug-likeness (QED) is 0.108. The summed E-state index contributed by atoms with van der Waals surface area (Å²) in [6, 6.07) is 30.0. The van der Waals surface area contributed by atoms with Crippen LogP contribution in [-0.2, 0) is 0 Å². The molecule has 0 radical (unpaired) electrons. The van der Waals surface area contributed by atoms with Crippen molar-refractivity contribution >= 4 is 11.0 Å². The number of phenolic OH excluding ortho intramolecular Hbond substituents is 6. The molecule has 51 heavy (non-hydrogen) atoms. The van der Waals surface area contributed by atoms with Gasteiger partial charge in [-0.2, -0.15) is 0 Å². The summed E-state index contributed by atoms with van der Waals surface area (Å²) >= 11 is 0. The first-order valence-corrected chi connectivity index (χ1v) is 16.5. The third kappa shape index (κ3) is 4.27. The first kappa shape index (κ1) is 29.2. The van der Waals surface area contributed by atoms with Crippen LogP contribution >= 0.6 is 0 Å². The SMILES string of the molecule is Oc1ccc(-c2oc3cc(O)cc4c3c2-c2cc(O)cc3c2[C@H](c2cc(O)cc5c2[C@@H]4[C@H](c2ccc(O)cc2)O5)[C@@H](c2ccc(O)cc2)O3)cc1. The average Bonchev–Trinajstić information content (AvgIpc) is 3.80. The maximum absolute atomic E-state index is 11.3. The third-order valence-corrected chi connectivity index (χ3v) is 10.3. The van der Waals surface area contributed by atoms with Crippen molar-refractivity contribution in [3.63, 3.8) is 0 Å². The molecule has 2 aliphatic heterocycles. The Morgan fingerprint density at radius 3 is 1.55 bits per heavy atom. The predicted octanol–water partition coefficient (Wildman–Crippen LogP) is 8.85. The summed E-state index contributed by atoms with van der Waals surface area (Å²) < 4.78 is 20.2. The zero-order valence-electron chi connectivity index (χ0n) is 26.6. The molecule has 9 nitrogen and oxygen atoms in total. The maximum Gasteiger partial charge on any atom is 0.143 e. The fourth-order valence-electron chi connectivity index (χ4n) is 8.32. The highest BCUT2D eigenvalue weighted by Gasteiger charge is 2.48. The molecule has 0 saturated heterocycles. The van der Waals surface area contributed by atoms with E-state index >= 15 is 0 Å². The van der Waals surface area contributed by atoms with Gasteiger partial charge in [-0.15, -0.1) is 0 Å². The lowest BCUT2D eigenvalue weighted by molar-refractivity contribution is 0.220. The van der Waals surface area contributed by atoms with E-state index in [0.717, 1.165) is 27.8 Å². The number of aromatic hydroxyl groups is 6. The molecule has 6 N–H and O–H groups in total. The van der Waals surface area contributed by atoms with Gasteiger partial charge in [0, 0.05) is 45.8 Å². The van der Waals surface area contributed by atoms with Crippen molar-refractivity contribution in [2.24, 2.45) is 0 Å². The zero-order chi connectivity index (χ0) is 34.7. The van der Waals surface area contributed by atoms with Crippen LogP contribution in [0, 0.1) is 0 Å². The number of hydrogen-bond donors (Lipinski definition) is 6. The van der Waals surface area contributed by atoms with Gasteiger partial charge < -0.3 is 44.5 Å². The summed E-state index contributed by atoms with van der Waals surface area (Å²) in [5.74, 6) is 0.405. The Kier molecular flexibility index (Phi) is 5.94. The van der Waals surface area contributed by atoms with Crippen LogP contribution in [0.4, 0.5) is 0 Å². The van der Waals surface area contributed by atoms with Crippen LogP contribution in [0.5, 0.6) is 46.0 Å². The minimum absolute atomic E-state index is 0.0147. The summed E-state index contributed by atoms with van der Waals surface area (Å²) in [6.45, 7) is 0. The average molecular weight is 677 g/mol. The van der Waals surface area contributed by atoms with Gasteiger partial charge in [-0.25, -0.2) is 0 Å². The van der Waals surface area contributed by atoms with Gasteiger partial charge in [-0.3, -0.25) is 0 Å². The standard InChI is InChI=1S/C42H28O9/c43-22-7-1-19(2-8-22)40-37-28-13-25(46)17-32-35(28)39(42(50-32)21-5-11-24(45)12-6-21)30-15-27(48)18-33-36(30)38(29-14-26(47)16-31(49-40)34(29)37)41(51-33)20-3-9-23(44)10-4-20/h1-18,37-38,40-41,43-48H/t37-,38+,40+,41-/m1/s1. The molecule has 1 aliphatic carbocycles. The second-order valence-electron chi connectivity index (χ2n) is 13.3. The van der Waals surface area contributed by atoms with Crippen molar-refractivity contribution in [3.05, 3.63) is 143 Å². The number of furan rings is 1. The van der Waals surface area contributed by atoms with E-state index in [1.54, 1.807) is 109 Å². The fourth-order valence-corrected chi connectivity index (χ4v) is 8.32. The van der Waals surface area contributed by atoms with Crippen LogP contribution in [0.25, 0.3) is 33.4 Å². The van der Waals surface area contributed by atoms with Gasteiger partial charge in [0.25, 0.3) is 0 Å². The molecule has 4 atom stereocenters. The summed E-state index contributed by atoms with van der Waals surface area (Å²) in [5.41, 5.74) is 6.78. The van der Waals surface area contributed by atoms with Crippen LogP contribution in [0.3, 0.4) is 0 Å². The predicted molar refractivity (Wildman–Crippen MR) is 187 cm³/mol. The van der Waals surface area contributed by atoms with Gasteiger partial charge in [0.05, 0.1) is 11.8 Å². The Morgan fingerprint density at radius 2 is 0.941 bits per heavy atom. The number of ether oxygens (including phenoxy) is 2. The van der Waals surface area contributed by atoms with Crippen LogP contribution in [-0.4, -0.2) is 30.6 Å². The minimum atomic E-state index is -0.658. The number of rotatable bonds is 3. The highest BCUT2D eigenvalue weighted by molar-refractivity contribution is 6.06. The van der Waals surface area contributed by atoms with E-state index < -0.39 is 24.0 Å². The second kappa shape index (κ2) is 10.4. The van der Waals surface area contributed by atoms with Crippen molar-refractivity contribution in [1.29, 1.82) is 0 Å². The van der Waals surface area contributed by atoms with Crippen molar-refractivity contribution < 1.29 is 44.5 Å². The highest BCUT2D eigenvalue weighted by atomic mass is 16.5. The van der Waals surface area contributed by atoms with E-state index in [1.165, 1.54) is 0 Å². The van der Waals surface area contributed by atoms with Crippen molar-refractivity contribution in [2.45, 2.75) is 24.0 Å². The van der Waals surface area contributed by atoms with E-state index in [0.29, 0.717) is 50.5 Å². The molecule has 6 aromatic carbocycles. The monoisotopic (exact) mass is 676 g/mol. The topological polar surface area (TPSA) is 153 Å². The lowest BCUT2D eigenvalue weighted by Gasteiger charge is -2.25. The summed E-state index contributed by atoms with van der Waals surface area (Å²) in [6.07, 6.45) is -1.32. The molecular weight excluding hydrogens is 648 g/mol. The molecule has 250 valence electrons. The molecule has 3 aliphatic rings. The first-order chi connectivity index (χ1) is 24.7. The highest BCUT2D eigenvalue weighted by Crippen LogP contribution is 2.64. The molecule has 0 amide bonds. The van der Waals surface area contributed by atoms with Crippen LogP contribution in [0.2, 0.25) is 0 Å². The molecule has 3 heterocycles. The molecule has 0 spiro atoms. The van der Waals surface area contributed by atoms with E-state index in [9.17, 15) is 30.6 Å². The Bertz CT molecular complexity index is 2550. The van der Waals surface area contributed by atoms with Gasteiger partial charge in [0.15, 0.2) is 0 Å². The van der Waals surface area contributed by atoms with Gasteiger partial charge in [-0.05, 0) is 94.5 Å². The molecular formula is C42H28O9. The van der Waals surface area contributed by atoms with Crippen molar-refractivity contribution in [1.82, 2.24) is 0 Å². The van der Waals surface area contributed by atoms with E-state index in [2.05, 4.69) is 0 Å². The lowest BCUT2D eigenvalue weighted by Crippen LogP contribution is -2.16. The summed E-state index contributed by atoms with van der Waals surface area (Å²) in [4.78, 5) is 0. The molecule has 0 unspecified atom stereocenters. The van der Waals surface area contributed by atoms with E-state index in [4.69, 9.17) is 13.9 Å². The number of hydrogen-bond acceptors (Lipinski definition) is 9. The largest absolute Gasteiger partial charge is 0.508 e. The van der Waals surface area contributed by atoms with Gasteiger partial charge in [-0.1, -0.05) is 24.3 Å². The Labute approximate surface area is 290 Å². The van der Waals surface area contributed by atoms with Gasteiger partial charge >= 0.3 is 0 Å². The molecule has 10 rings (SSSR count). The Hall–Kier alpha value is -6.74. The summed E-state index contributed by atoms with van der Waals surface area (Å²) in [5, 5.41) is 65.1. The molecule has 9 heteroatoms. The Balaban J connectivity index is 1.38. The molecule has 0 saturated carbocycles. The van der Waals surface area contributed by atoms with Crippen molar-refractivity contribution in [3.8, 4) is 68.4 Å². The molecule has 7 aromatic rings. The van der Waals surface area contributed by atoms with Gasteiger partial charge in [0.1, 0.15) is 69.5 Å². The molecule has 0 bridgehead atoms. The zero-order valence-corrected chi connectivity index (χ0v) is 26.6. The van der Waals surface area contributed by atoms with E-state index in [1.807, 2.05) is 0 Å². The lowest BCUT2D eigenvalue weighted by atomic mass is 9.76. The first-order valence-electron chi connectivity index (χ1n) is 16.5. The van der Waals surface area contributed by atoms with Crippen LogP contribution < -0.4 is 9.47 Å². The Morgan fingerprint density at radius 1 is 0.451 bits per heavy atom. The number of phenols is 6. The van der Waals surface area contributed by atoms with E-state index in [-0.39, 0.29) is 34.5 Å². The van der Waals surface area contributed by atoms with Gasteiger partial charge in [0.2, 0.25) is 0 Å². The third-order valence-electron chi connectivity index (χ3n) is 10.3. The van der Waals surface area contributed by atoms with Crippen LogP contribution in [0.15, 0.2) is 114 Å². The second-order valence-corrected chi connectivity index (χ2v) is 13.3. The maximum atomic E-state index is 11.3. The minimum Gasteiger partial charge on any atom is -0.508 e. The van der Waals surface area contributed by atoms with Crippen molar-refractivity contribution in [2.75, 3.05) is 0 Å². The smallest absolute Gasteiger partial charge is 0.143 e. The van der Waals surface area contributed by atoms with Crippen LogP contribution in [0.1, 0.15) is 57.4 Å². The summed E-state index contributed by atoms with van der Waals surface area (Å²) in [7, 11) is 0. The number of benzene rings is 6. The number of fused-ring (bicyclic) bond motifs is 3. The normalized spacial score (nSPS) is 19.4. The fraction of sp³-hybridized carbons (Fsp3) is 0.0952. The molecule has 0 fully saturated rings.